The van der Waals surface area contributed by atoms with Crippen molar-refractivity contribution in [2.45, 2.75) is 39.2 Å². The van der Waals surface area contributed by atoms with E-state index in [1.165, 1.54) is 23.2 Å². The lowest BCUT2D eigenvalue weighted by Gasteiger charge is -2.07. The van der Waals surface area contributed by atoms with Crippen molar-refractivity contribution in [1.29, 1.82) is 0 Å². The van der Waals surface area contributed by atoms with Crippen LogP contribution in [0.15, 0.2) is 36.5 Å². The van der Waals surface area contributed by atoms with Gasteiger partial charge in [-0.25, -0.2) is 0 Å². The largest absolute Gasteiger partial charge is 0.313 e. The summed E-state index contributed by atoms with van der Waals surface area (Å²) in [7, 11) is 1.99. The molecule has 108 valence electrons. The fourth-order valence-corrected chi connectivity index (χ4v) is 2.46. The van der Waals surface area contributed by atoms with E-state index in [1.54, 1.807) is 0 Å². The molecule has 20 heavy (non-hydrogen) atoms. The molecule has 0 aliphatic carbocycles. The molecule has 3 heteroatoms. The predicted octanol–water partition coefficient (Wildman–Crippen LogP) is 3.27. The third kappa shape index (κ3) is 4.20. The zero-order valence-electron chi connectivity index (χ0n) is 12.8. The van der Waals surface area contributed by atoms with Crippen molar-refractivity contribution in [1.82, 2.24) is 15.1 Å². The predicted molar refractivity (Wildman–Crippen MR) is 83.8 cm³/mol. The molecule has 0 bridgehead atoms. The number of benzene rings is 1. The highest BCUT2D eigenvalue weighted by Gasteiger charge is 2.10. The maximum atomic E-state index is 4.53. The summed E-state index contributed by atoms with van der Waals surface area (Å²) in [5.74, 6) is 0.484. The van der Waals surface area contributed by atoms with Crippen LogP contribution < -0.4 is 5.32 Å². The van der Waals surface area contributed by atoms with Gasteiger partial charge in [-0.1, -0.05) is 44.2 Å². The summed E-state index contributed by atoms with van der Waals surface area (Å²) < 4.78 is 1.91. The Labute approximate surface area is 122 Å². The van der Waals surface area contributed by atoms with E-state index in [0.29, 0.717) is 5.92 Å². The molecule has 0 fully saturated rings. The Kier molecular flexibility index (Phi) is 5.36. The smallest absolute Gasteiger partial charge is 0.0694 e. The van der Waals surface area contributed by atoms with Crippen LogP contribution in [-0.4, -0.2) is 16.3 Å². The molecule has 0 aliphatic rings. The zero-order valence-corrected chi connectivity index (χ0v) is 12.8. The first-order valence-corrected chi connectivity index (χ1v) is 7.44. The minimum absolute atomic E-state index is 0.484. The number of rotatable bonds is 7. The Balaban J connectivity index is 1.73. The average Bonchev–Trinajstić information content (AvgIpc) is 2.81. The van der Waals surface area contributed by atoms with Gasteiger partial charge in [0.25, 0.3) is 0 Å². The van der Waals surface area contributed by atoms with E-state index >= 15 is 0 Å². The van der Waals surface area contributed by atoms with Crippen LogP contribution in [0.4, 0.5) is 0 Å². The number of nitrogens with one attached hydrogen (secondary N) is 1. The molecule has 1 aromatic heterocycles. The Hall–Kier alpha value is -1.61. The fraction of sp³-hybridized carbons (Fsp3) is 0.471. The van der Waals surface area contributed by atoms with Crippen LogP contribution in [0.5, 0.6) is 0 Å². The average molecular weight is 271 g/mol. The molecule has 0 saturated carbocycles. The Morgan fingerprint density at radius 3 is 2.65 bits per heavy atom. The summed E-state index contributed by atoms with van der Waals surface area (Å²) in [6, 6.07) is 10.7. The number of aryl methyl sites for hydroxylation is 2. The molecule has 0 unspecified atom stereocenters. The molecule has 0 atom stereocenters. The minimum Gasteiger partial charge on any atom is -0.313 e. The Bertz CT molecular complexity index is 514. The number of aromatic nitrogens is 2. The maximum Gasteiger partial charge on any atom is 0.0694 e. The van der Waals surface area contributed by atoms with Gasteiger partial charge in [-0.15, -0.1) is 0 Å². The lowest BCUT2D eigenvalue weighted by atomic mass is 10.1. The lowest BCUT2D eigenvalue weighted by Crippen LogP contribution is -2.16. The van der Waals surface area contributed by atoms with Gasteiger partial charge in [-0.2, -0.15) is 5.10 Å². The van der Waals surface area contributed by atoms with Crippen LogP contribution >= 0.6 is 0 Å². The van der Waals surface area contributed by atoms with Gasteiger partial charge < -0.3 is 5.32 Å². The van der Waals surface area contributed by atoms with E-state index in [4.69, 9.17) is 0 Å². The van der Waals surface area contributed by atoms with Gasteiger partial charge in [0.2, 0.25) is 0 Å². The standard InChI is InChI=1S/C17H25N3/c1-14(2)17-16(13-20(3)19-17)12-18-11-7-10-15-8-5-4-6-9-15/h4-6,8-9,13-14,18H,7,10-12H2,1-3H3. The maximum absolute atomic E-state index is 4.53. The van der Waals surface area contributed by atoms with Crippen LogP contribution in [0.2, 0.25) is 0 Å². The van der Waals surface area contributed by atoms with Crippen molar-refractivity contribution in [3.8, 4) is 0 Å². The third-order valence-electron chi connectivity index (χ3n) is 3.46. The highest BCUT2D eigenvalue weighted by atomic mass is 15.3. The van der Waals surface area contributed by atoms with Gasteiger partial charge in [0.05, 0.1) is 5.69 Å². The molecule has 3 nitrogen and oxygen atoms in total. The van der Waals surface area contributed by atoms with Crippen molar-refractivity contribution in [3.63, 3.8) is 0 Å². The van der Waals surface area contributed by atoms with Gasteiger partial charge in [0.15, 0.2) is 0 Å². The highest BCUT2D eigenvalue weighted by Crippen LogP contribution is 2.16. The first-order valence-electron chi connectivity index (χ1n) is 7.44. The van der Waals surface area contributed by atoms with E-state index in [-0.39, 0.29) is 0 Å². The summed E-state index contributed by atoms with van der Waals surface area (Å²) in [4.78, 5) is 0. The first kappa shape index (κ1) is 14.8. The molecule has 1 N–H and O–H groups in total. The van der Waals surface area contributed by atoms with Crippen LogP contribution in [-0.2, 0) is 20.0 Å². The normalized spacial score (nSPS) is 11.2. The van der Waals surface area contributed by atoms with Crippen molar-refractivity contribution in [3.05, 3.63) is 53.3 Å². The zero-order chi connectivity index (χ0) is 14.4. The van der Waals surface area contributed by atoms with Crippen LogP contribution in [0.3, 0.4) is 0 Å². The van der Waals surface area contributed by atoms with Crippen molar-refractivity contribution >= 4 is 0 Å². The summed E-state index contributed by atoms with van der Waals surface area (Å²) in [6.07, 6.45) is 4.43. The number of nitrogens with zero attached hydrogens (tertiary/aromatic N) is 2. The minimum atomic E-state index is 0.484. The Morgan fingerprint density at radius 2 is 1.95 bits per heavy atom. The Morgan fingerprint density at radius 1 is 1.20 bits per heavy atom. The summed E-state index contributed by atoms with van der Waals surface area (Å²) >= 11 is 0. The molecule has 0 amide bonds. The molecule has 0 aliphatic heterocycles. The van der Waals surface area contributed by atoms with E-state index < -0.39 is 0 Å². The van der Waals surface area contributed by atoms with E-state index in [0.717, 1.165) is 19.5 Å². The first-order chi connectivity index (χ1) is 9.66. The highest BCUT2D eigenvalue weighted by molar-refractivity contribution is 5.20. The lowest BCUT2D eigenvalue weighted by molar-refractivity contribution is 0.642. The van der Waals surface area contributed by atoms with Gasteiger partial charge in [0, 0.05) is 25.4 Å². The molecule has 0 spiro atoms. The van der Waals surface area contributed by atoms with Gasteiger partial charge in [0.1, 0.15) is 0 Å². The van der Waals surface area contributed by atoms with Crippen LogP contribution in [0, 0.1) is 0 Å². The van der Waals surface area contributed by atoms with Crippen LogP contribution in [0.25, 0.3) is 0 Å². The van der Waals surface area contributed by atoms with Gasteiger partial charge in [-0.05, 0) is 30.9 Å². The number of hydrogen-bond donors (Lipinski definition) is 1. The summed E-state index contributed by atoms with van der Waals surface area (Å²) in [6.45, 7) is 6.35. The van der Waals surface area contributed by atoms with Crippen LogP contribution in [0.1, 0.15) is 43.0 Å². The van der Waals surface area contributed by atoms with Crippen molar-refractivity contribution in [2.75, 3.05) is 6.54 Å². The molecule has 0 radical (unpaired) electrons. The molecular weight excluding hydrogens is 246 g/mol. The molecule has 1 aromatic carbocycles. The van der Waals surface area contributed by atoms with Gasteiger partial charge in [-0.3, -0.25) is 4.68 Å². The third-order valence-corrected chi connectivity index (χ3v) is 3.46. The molecule has 0 saturated heterocycles. The monoisotopic (exact) mass is 271 g/mol. The molecule has 2 rings (SSSR count). The number of hydrogen-bond acceptors (Lipinski definition) is 2. The molecular formula is C17H25N3. The SMILES string of the molecule is CC(C)c1nn(C)cc1CNCCCc1ccccc1. The van der Waals surface area contributed by atoms with E-state index in [1.807, 2.05) is 11.7 Å². The second-order valence-corrected chi connectivity index (χ2v) is 5.63. The van der Waals surface area contributed by atoms with E-state index in [9.17, 15) is 0 Å². The van der Waals surface area contributed by atoms with E-state index in [2.05, 4.69) is 60.8 Å². The molecule has 1 heterocycles. The second-order valence-electron chi connectivity index (χ2n) is 5.63. The quantitative estimate of drug-likeness (QED) is 0.783. The fourth-order valence-electron chi connectivity index (χ4n) is 2.46. The topological polar surface area (TPSA) is 29.9 Å². The molecule has 2 aromatic rings. The van der Waals surface area contributed by atoms with Crippen molar-refractivity contribution < 1.29 is 0 Å². The summed E-state index contributed by atoms with van der Waals surface area (Å²) in [5, 5.41) is 8.06. The van der Waals surface area contributed by atoms with Gasteiger partial charge >= 0.3 is 0 Å². The van der Waals surface area contributed by atoms with Crippen molar-refractivity contribution in [2.24, 2.45) is 7.05 Å². The second kappa shape index (κ2) is 7.25. The summed E-state index contributed by atoms with van der Waals surface area (Å²) in [5.41, 5.74) is 3.95.